The lowest BCUT2D eigenvalue weighted by molar-refractivity contribution is -0.115. The van der Waals surface area contributed by atoms with Gasteiger partial charge in [0.1, 0.15) is 0 Å². The molecule has 26 heavy (non-hydrogen) atoms. The van der Waals surface area contributed by atoms with Crippen molar-refractivity contribution >= 4 is 35.0 Å². The van der Waals surface area contributed by atoms with Crippen molar-refractivity contribution in [3.63, 3.8) is 0 Å². The monoisotopic (exact) mass is 387 g/mol. The second-order valence-corrected chi connectivity index (χ2v) is 7.56. The highest BCUT2D eigenvalue weighted by Crippen LogP contribution is 2.27. The van der Waals surface area contributed by atoms with Crippen LogP contribution in [0.25, 0.3) is 5.69 Å². The van der Waals surface area contributed by atoms with Crippen LogP contribution < -0.4 is 5.32 Å². The van der Waals surface area contributed by atoms with Crippen LogP contribution in [-0.2, 0) is 4.79 Å². The van der Waals surface area contributed by atoms with E-state index >= 15 is 0 Å². The summed E-state index contributed by atoms with van der Waals surface area (Å²) in [6.07, 6.45) is 0. The van der Waals surface area contributed by atoms with Gasteiger partial charge < -0.3 is 5.32 Å². The number of nitrogens with one attached hydrogen (secondary N) is 1. The third-order valence-corrected chi connectivity index (χ3v) is 5.24. The van der Waals surface area contributed by atoms with Crippen LogP contribution in [0.2, 0.25) is 5.02 Å². The molecule has 0 radical (unpaired) electrons. The highest BCUT2D eigenvalue weighted by molar-refractivity contribution is 8.00. The number of tetrazole rings is 1. The van der Waals surface area contributed by atoms with Crippen LogP contribution in [0.1, 0.15) is 18.1 Å². The molecule has 0 saturated heterocycles. The topological polar surface area (TPSA) is 72.7 Å². The summed E-state index contributed by atoms with van der Waals surface area (Å²) in [5, 5.41) is 15.5. The molecular weight excluding hydrogens is 370 g/mol. The van der Waals surface area contributed by atoms with Crippen molar-refractivity contribution in [3.05, 3.63) is 58.6 Å². The molecule has 1 atom stereocenters. The van der Waals surface area contributed by atoms with Gasteiger partial charge in [0.25, 0.3) is 0 Å². The van der Waals surface area contributed by atoms with Crippen molar-refractivity contribution in [1.29, 1.82) is 0 Å². The number of carbonyl (C=O) groups excluding carboxylic acids is 1. The van der Waals surface area contributed by atoms with Crippen LogP contribution in [0.5, 0.6) is 0 Å². The highest BCUT2D eigenvalue weighted by atomic mass is 35.5. The molecule has 0 aliphatic rings. The Labute approximate surface area is 160 Å². The van der Waals surface area contributed by atoms with Gasteiger partial charge in [-0.2, -0.15) is 4.68 Å². The molecule has 0 aliphatic carbocycles. The van der Waals surface area contributed by atoms with Gasteiger partial charge in [0, 0.05) is 0 Å². The Morgan fingerprint density at radius 3 is 2.54 bits per heavy atom. The highest BCUT2D eigenvalue weighted by Gasteiger charge is 2.21. The Balaban J connectivity index is 1.79. The van der Waals surface area contributed by atoms with Crippen LogP contribution in [0.3, 0.4) is 0 Å². The first-order valence-electron chi connectivity index (χ1n) is 8.04. The maximum absolute atomic E-state index is 12.5. The number of hydrogen-bond donors (Lipinski definition) is 1. The summed E-state index contributed by atoms with van der Waals surface area (Å²) < 4.78 is 1.68. The lowest BCUT2D eigenvalue weighted by Crippen LogP contribution is -2.23. The second-order valence-electron chi connectivity index (χ2n) is 5.84. The SMILES string of the molecule is Cc1cccc(C)c1-n1nnnc1SC(C)C(=O)Nc1ccccc1Cl. The summed E-state index contributed by atoms with van der Waals surface area (Å²) in [6.45, 7) is 5.82. The van der Waals surface area contributed by atoms with Gasteiger partial charge in [-0.1, -0.05) is 53.7 Å². The Kier molecular flexibility index (Phi) is 5.58. The van der Waals surface area contributed by atoms with E-state index in [4.69, 9.17) is 11.6 Å². The van der Waals surface area contributed by atoms with Crippen LogP contribution in [0.15, 0.2) is 47.6 Å². The molecule has 3 rings (SSSR count). The molecule has 1 N–H and O–H groups in total. The predicted octanol–water partition coefficient (Wildman–Crippen LogP) is 4.05. The molecule has 1 unspecified atom stereocenters. The number of hydrogen-bond acceptors (Lipinski definition) is 5. The normalized spacial score (nSPS) is 12.0. The molecule has 0 bridgehead atoms. The van der Waals surface area contributed by atoms with Gasteiger partial charge in [-0.25, -0.2) is 0 Å². The summed E-state index contributed by atoms with van der Waals surface area (Å²) in [5.74, 6) is -0.167. The van der Waals surface area contributed by atoms with Crippen molar-refractivity contribution in [2.45, 2.75) is 31.2 Å². The Hall–Kier alpha value is -2.38. The zero-order valence-corrected chi connectivity index (χ0v) is 16.2. The average molecular weight is 388 g/mol. The maximum atomic E-state index is 12.5. The summed E-state index contributed by atoms with van der Waals surface area (Å²) in [5.41, 5.74) is 3.64. The molecule has 0 spiro atoms. The molecular formula is C18H18ClN5OS. The summed E-state index contributed by atoms with van der Waals surface area (Å²) in [7, 11) is 0. The molecule has 8 heteroatoms. The first-order valence-corrected chi connectivity index (χ1v) is 9.30. The van der Waals surface area contributed by atoms with Crippen LogP contribution in [0, 0.1) is 13.8 Å². The molecule has 1 amide bonds. The zero-order chi connectivity index (χ0) is 18.7. The lowest BCUT2D eigenvalue weighted by atomic mass is 10.1. The number of para-hydroxylation sites is 2. The minimum absolute atomic E-state index is 0.167. The fraction of sp³-hybridized carbons (Fsp3) is 0.222. The third-order valence-electron chi connectivity index (χ3n) is 3.88. The van der Waals surface area contributed by atoms with Gasteiger partial charge in [-0.3, -0.25) is 4.79 Å². The zero-order valence-electron chi connectivity index (χ0n) is 14.6. The minimum atomic E-state index is -0.402. The van der Waals surface area contributed by atoms with Gasteiger partial charge in [0.15, 0.2) is 0 Å². The van der Waals surface area contributed by atoms with E-state index in [9.17, 15) is 4.79 Å². The molecule has 3 aromatic rings. The molecule has 6 nitrogen and oxygen atoms in total. The van der Waals surface area contributed by atoms with Crippen LogP contribution in [-0.4, -0.2) is 31.4 Å². The predicted molar refractivity (Wildman–Crippen MR) is 104 cm³/mol. The fourth-order valence-electron chi connectivity index (χ4n) is 2.54. The number of benzene rings is 2. The van der Waals surface area contributed by atoms with Crippen molar-refractivity contribution < 1.29 is 4.79 Å². The van der Waals surface area contributed by atoms with Gasteiger partial charge >= 0.3 is 0 Å². The van der Waals surface area contributed by atoms with E-state index in [-0.39, 0.29) is 5.91 Å². The van der Waals surface area contributed by atoms with Crippen molar-refractivity contribution in [3.8, 4) is 5.69 Å². The maximum Gasteiger partial charge on any atom is 0.237 e. The summed E-state index contributed by atoms with van der Waals surface area (Å²) in [4.78, 5) is 12.5. The number of aryl methyl sites for hydroxylation is 2. The van der Waals surface area contributed by atoms with Gasteiger partial charge in [-0.05, 0) is 54.5 Å². The molecule has 0 fully saturated rings. The second kappa shape index (κ2) is 7.88. The first kappa shape index (κ1) is 18.4. The Bertz CT molecular complexity index is 923. The summed E-state index contributed by atoms with van der Waals surface area (Å²) >= 11 is 7.39. The Morgan fingerprint density at radius 1 is 1.15 bits per heavy atom. The standard InChI is InChI=1S/C18H18ClN5OS/c1-11-7-6-8-12(2)16(11)24-18(21-22-23-24)26-13(3)17(25)20-15-10-5-4-9-14(15)19/h4-10,13H,1-3H3,(H,20,25). The number of carbonyl (C=O) groups is 1. The number of thioether (sulfide) groups is 1. The Morgan fingerprint density at radius 2 is 1.85 bits per heavy atom. The van der Waals surface area contributed by atoms with E-state index in [2.05, 4.69) is 20.8 Å². The van der Waals surface area contributed by atoms with Crippen LogP contribution >= 0.6 is 23.4 Å². The molecule has 0 saturated carbocycles. The van der Waals surface area contributed by atoms with Gasteiger partial charge in [0.2, 0.25) is 11.1 Å². The summed E-state index contributed by atoms with van der Waals surface area (Å²) in [6, 6.07) is 13.1. The van der Waals surface area contributed by atoms with Gasteiger partial charge in [-0.15, -0.1) is 5.10 Å². The molecule has 1 aromatic heterocycles. The number of aromatic nitrogens is 4. The van der Waals surface area contributed by atoms with Gasteiger partial charge in [0.05, 0.1) is 21.6 Å². The van der Waals surface area contributed by atoms with E-state index in [1.807, 2.05) is 44.2 Å². The van der Waals surface area contributed by atoms with E-state index < -0.39 is 5.25 Å². The number of anilines is 1. The lowest BCUT2D eigenvalue weighted by Gasteiger charge is -2.14. The first-order chi connectivity index (χ1) is 12.5. The van der Waals surface area contributed by atoms with E-state index in [1.165, 1.54) is 11.8 Å². The van der Waals surface area contributed by atoms with Crippen molar-refractivity contribution in [2.75, 3.05) is 5.32 Å². The molecule has 2 aromatic carbocycles. The van der Waals surface area contributed by atoms with E-state index in [1.54, 1.807) is 23.7 Å². The van der Waals surface area contributed by atoms with Crippen molar-refractivity contribution in [2.24, 2.45) is 0 Å². The molecule has 0 aliphatic heterocycles. The molecule has 134 valence electrons. The number of rotatable bonds is 5. The number of nitrogens with zero attached hydrogens (tertiary/aromatic N) is 4. The largest absolute Gasteiger partial charge is 0.324 e. The quantitative estimate of drug-likeness (QED) is 0.668. The number of halogens is 1. The minimum Gasteiger partial charge on any atom is -0.324 e. The number of amides is 1. The van der Waals surface area contributed by atoms with E-state index in [0.717, 1.165) is 16.8 Å². The molecule has 1 heterocycles. The fourth-order valence-corrected chi connectivity index (χ4v) is 3.52. The third kappa shape index (κ3) is 3.89. The van der Waals surface area contributed by atoms with Crippen molar-refractivity contribution in [1.82, 2.24) is 20.2 Å². The van der Waals surface area contributed by atoms with E-state index in [0.29, 0.717) is 15.9 Å². The smallest absolute Gasteiger partial charge is 0.237 e. The average Bonchev–Trinajstić information content (AvgIpc) is 3.04. The van der Waals surface area contributed by atoms with Crippen LogP contribution in [0.4, 0.5) is 5.69 Å².